The molecule has 6 nitrogen and oxygen atoms in total. The van der Waals surface area contributed by atoms with Gasteiger partial charge in [0.15, 0.2) is 5.76 Å². The van der Waals surface area contributed by atoms with E-state index in [4.69, 9.17) is 4.52 Å². The van der Waals surface area contributed by atoms with Gasteiger partial charge in [-0.2, -0.15) is 4.31 Å². The lowest BCUT2D eigenvalue weighted by molar-refractivity contribution is 0.387. The Kier molecular flexibility index (Phi) is 4.69. The van der Waals surface area contributed by atoms with Crippen molar-refractivity contribution < 1.29 is 12.9 Å². The van der Waals surface area contributed by atoms with E-state index in [1.54, 1.807) is 33.2 Å². The summed E-state index contributed by atoms with van der Waals surface area (Å²) in [5.41, 5.74) is 1.82. The van der Waals surface area contributed by atoms with E-state index in [9.17, 15) is 8.42 Å². The number of aromatic nitrogens is 2. The summed E-state index contributed by atoms with van der Waals surface area (Å²) in [4.78, 5) is 4.47. The standard InChI is InChI=1S/C18H19N3O3S/c1-13-18(14(2)24-20-13)25(22,23)21(3)17(15-9-5-4-6-10-15)16-11-7-8-12-19-16/h4-12,17H,1-3H3/t17-/m0/s1. The topological polar surface area (TPSA) is 76.3 Å². The van der Waals surface area contributed by atoms with Gasteiger partial charge in [0, 0.05) is 13.2 Å². The normalized spacial score (nSPS) is 13.1. The summed E-state index contributed by atoms with van der Waals surface area (Å²) in [5.74, 6) is 0.275. The molecule has 0 spiro atoms. The summed E-state index contributed by atoms with van der Waals surface area (Å²) in [6.07, 6.45) is 1.65. The maximum Gasteiger partial charge on any atom is 0.249 e. The van der Waals surface area contributed by atoms with E-state index in [1.807, 2.05) is 42.5 Å². The van der Waals surface area contributed by atoms with Crippen LogP contribution in [0.25, 0.3) is 0 Å². The van der Waals surface area contributed by atoms with Crippen LogP contribution in [0.1, 0.15) is 28.8 Å². The monoisotopic (exact) mass is 357 g/mol. The van der Waals surface area contributed by atoms with E-state index in [2.05, 4.69) is 10.1 Å². The molecular weight excluding hydrogens is 338 g/mol. The van der Waals surface area contributed by atoms with Gasteiger partial charge in [-0.15, -0.1) is 0 Å². The average Bonchev–Trinajstić information content (AvgIpc) is 2.96. The van der Waals surface area contributed by atoms with Crippen molar-refractivity contribution in [3.05, 3.63) is 77.4 Å². The zero-order chi connectivity index (χ0) is 18.0. The number of nitrogens with zero attached hydrogens (tertiary/aromatic N) is 3. The highest BCUT2D eigenvalue weighted by molar-refractivity contribution is 7.89. The Bertz CT molecular complexity index is 895. The van der Waals surface area contributed by atoms with Gasteiger partial charge in [0.2, 0.25) is 10.0 Å². The molecule has 1 aromatic carbocycles. The molecule has 0 N–H and O–H groups in total. The molecule has 0 unspecified atom stereocenters. The van der Waals surface area contributed by atoms with Gasteiger partial charge in [0.25, 0.3) is 0 Å². The van der Waals surface area contributed by atoms with Crippen LogP contribution >= 0.6 is 0 Å². The minimum atomic E-state index is -3.82. The molecule has 2 heterocycles. The van der Waals surface area contributed by atoms with Gasteiger partial charge in [-0.05, 0) is 31.5 Å². The van der Waals surface area contributed by atoms with E-state index < -0.39 is 16.1 Å². The molecule has 7 heteroatoms. The Morgan fingerprint density at radius 3 is 2.28 bits per heavy atom. The van der Waals surface area contributed by atoms with Gasteiger partial charge in [-0.3, -0.25) is 4.98 Å². The van der Waals surface area contributed by atoms with Gasteiger partial charge >= 0.3 is 0 Å². The van der Waals surface area contributed by atoms with E-state index in [1.165, 1.54) is 4.31 Å². The van der Waals surface area contributed by atoms with Gasteiger partial charge in [-0.1, -0.05) is 41.6 Å². The van der Waals surface area contributed by atoms with Crippen LogP contribution < -0.4 is 0 Å². The van der Waals surface area contributed by atoms with E-state index in [0.717, 1.165) is 5.56 Å². The molecule has 0 aliphatic heterocycles. The fourth-order valence-corrected chi connectivity index (χ4v) is 4.47. The minimum Gasteiger partial charge on any atom is -0.360 e. The lowest BCUT2D eigenvalue weighted by Crippen LogP contribution is -2.33. The van der Waals surface area contributed by atoms with Crippen LogP contribution in [0.15, 0.2) is 64.1 Å². The van der Waals surface area contributed by atoms with Crippen molar-refractivity contribution in [1.29, 1.82) is 0 Å². The van der Waals surface area contributed by atoms with Crippen molar-refractivity contribution in [2.75, 3.05) is 7.05 Å². The number of pyridine rings is 1. The molecule has 1 atom stereocenters. The highest BCUT2D eigenvalue weighted by Gasteiger charge is 2.35. The lowest BCUT2D eigenvalue weighted by atomic mass is 10.0. The third kappa shape index (κ3) is 3.20. The first-order valence-electron chi connectivity index (χ1n) is 7.79. The molecule has 3 rings (SSSR count). The molecule has 0 saturated heterocycles. The van der Waals surface area contributed by atoms with Crippen molar-refractivity contribution in [3.8, 4) is 0 Å². The summed E-state index contributed by atoms with van der Waals surface area (Å²) in [6.45, 7) is 3.22. The fraction of sp³-hybridized carbons (Fsp3) is 0.222. The molecule has 0 aliphatic carbocycles. The Morgan fingerprint density at radius 2 is 1.72 bits per heavy atom. The third-order valence-corrected chi connectivity index (χ3v) is 6.12. The van der Waals surface area contributed by atoms with E-state index in [0.29, 0.717) is 11.4 Å². The van der Waals surface area contributed by atoms with Crippen LogP contribution in [0.4, 0.5) is 0 Å². The van der Waals surface area contributed by atoms with Crippen LogP contribution in [-0.2, 0) is 10.0 Å². The van der Waals surface area contributed by atoms with Crippen LogP contribution in [0.5, 0.6) is 0 Å². The number of hydrogen-bond acceptors (Lipinski definition) is 5. The highest BCUT2D eigenvalue weighted by Crippen LogP contribution is 2.32. The number of sulfonamides is 1. The smallest absolute Gasteiger partial charge is 0.249 e. The molecule has 2 aromatic heterocycles. The number of rotatable bonds is 5. The Labute approximate surface area is 147 Å². The molecule has 0 fully saturated rings. The van der Waals surface area contributed by atoms with E-state index >= 15 is 0 Å². The molecule has 0 aliphatic rings. The molecule has 0 radical (unpaired) electrons. The second-order valence-electron chi connectivity index (χ2n) is 5.74. The fourth-order valence-electron chi connectivity index (χ4n) is 2.87. The van der Waals surface area contributed by atoms with Crippen LogP contribution in [-0.4, -0.2) is 29.9 Å². The minimum absolute atomic E-state index is 0.104. The number of aryl methyl sites for hydroxylation is 2. The maximum absolute atomic E-state index is 13.2. The first kappa shape index (κ1) is 17.3. The molecule has 0 bridgehead atoms. The Balaban J connectivity index is 2.14. The van der Waals surface area contributed by atoms with Gasteiger partial charge in [0.05, 0.1) is 11.7 Å². The first-order chi connectivity index (χ1) is 11.9. The number of hydrogen-bond donors (Lipinski definition) is 0. The van der Waals surface area contributed by atoms with Crippen LogP contribution in [0.2, 0.25) is 0 Å². The first-order valence-corrected chi connectivity index (χ1v) is 9.23. The lowest BCUT2D eigenvalue weighted by Gasteiger charge is -2.27. The van der Waals surface area contributed by atoms with Crippen molar-refractivity contribution in [3.63, 3.8) is 0 Å². The Hall–Kier alpha value is -2.51. The van der Waals surface area contributed by atoms with Gasteiger partial charge < -0.3 is 4.52 Å². The molecule has 0 amide bonds. The highest BCUT2D eigenvalue weighted by atomic mass is 32.2. The molecule has 25 heavy (non-hydrogen) atoms. The van der Waals surface area contributed by atoms with Gasteiger partial charge in [-0.25, -0.2) is 8.42 Å². The zero-order valence-corrected chi connectivity index (χ0v) is 15.1. The predicted octanol–water partition coefficient (Wildman–Crippen LogP) is 3.10. The molecule has 3 aromatic rings. The average molecular weight is 357 g/mol. The van der Waals surface area contributed by atoms with Crippen LogP contribution in [0.3, 0.4) is 0 Å². The summed E-state index contributed by atoms with van der Waals surface area (Å²) in [6, 6.07) is 14.3. The molecular formula is C18H19N3O3S. The number of benzene rings is 1. The van der Waals surface area contributed by atoms with Crippen molar-refractivity contribution in [2.45, 2.75) is 24.8 Å². The summed E-state index contributed by atoms with van der Waals surface area (Å²) in [7, 11) is -2.27. The Morgan fingerprint density at radius 1 is 1.04 bits per heavy atom. The van der Waals surface area contributed by atoms with Crippen molar-refractivity contribution in [1.82, 2.24) is 14.4 Å². The van der Waals surface area contributed by atoms with Crippen molar-refractivity contribution in [2.24, 2.45) is 0 Å². The molecule has 130 valence electrons. The summed E-state index contributed by atoms with van der Waals surface area (Å²) < 4.78 is 32.8. The predicted molar refractivity (Wildman–Crippen MR) is 93.4 cm³/mol. The quantitative estimate of drug-likeness (QED) is 0.701. The van der Waals surface area contributed by atoms with Gasteiger partial charge in [0.1, 0.15) is 10.6 Å². The zero-order valence-electron chi connectivity index (χ0n) is 14.2. The van der Waals surface area contributed by atoms with Crippen molar-refractivity contribution >= 4 is 10.0 Å². The third-order valence-electron chi connectivity index (χ3n) is 4.05. The maximum atomic E-state index is 13.2. The summed E-state index contributed by atoms with van der Waals surface area (Å²) in [5, 5.41) is 3.77. The summed E-state index contributed by atoms with van der Waals surface area (Å²) >= 11 is 0. The largest absolute Gasteiger partial charge is 0.360 e. The molecule has 0 saturated carbocycles. The van der Waals surface area contributed by atoms with E-state index in [-0.39, 0.29) is 10.7 Å². The van der Waals surface area contributed by atoms with Crippen LogP contribution in [0, 0.1) is 13.8 Å². The second-order valence-corrected chi connectivity index (χ2v) is 7.68. The second kappa shape index (κ2) is 6.78. The SMILES string of the molecule is Cc1noc(C)c1S(=O)(=O)N(C)[C@@H](c1ccccc1)c1ccccn1.